The minimum atomic E-state index is -0.233. The highest BCUT2D eigenvalue weighted by Crippen LogP contribution is 2.29. The maximum Gasteiger partial charge on any atom is 0.195 e. The number of nitrogens with one attached hydrogen (secondary N) is 2. The molecule has 0 atom stereocenters. The highest BCUT2D eigenvalue weighted by molar-refractivity contribution is 14.0. The van der Waals surface area contributed by atoms with Crippen LogP contribution in [0.25, 0.3) is 0 Å². The predicted molar refractivity (Wildman–Crippen MR) is 119 cm³/mol. The second-order valence-electron chi connectivity index (χ2n) is 6.51. The molecule has 0 aliphatic rings. The Labute approximate surface area is 177 Å². The van der Waals surface area contributed by atoms with Crippen LogP contribution in [0.4, 0.5) is 10.1 Å². The lowest BCUT2D eigenvalue weighted by molar-refractivity contribution is 0.355. The number of hydrogen-bond donors (Lipinski definition) is 2. The van der Waals surface area contributed by atoms with E-state index >= 15 is 0 Å². The molecule has 2 rings (SSSR count). The van der Waals surface area contributed by atoms with Crippen molar-refractivity contribution >= 4 is 35.6 Å². The average molecular weight is 487 g/mol. The summed E-state index contributed by atoms with van der Waals surface area (Å²) in [7, 11) is 4.91. The van der Waals surface area contributed by atoms with E-state index in [0.29, 0.717) is 24.0 Å². The lowest BCUT2D eigenvalue weighted by Gasteiger charge is -2.27. The number of halogens is 2. The van der Waals surface area contributed by atoms with Crippen molar-refractivity contribution in [3.63, 3.8) is 0 Å². The fraction of sp³-hybridized carbons (Fsp3) is 0.350. The zero-order valence-corrected chi connectivity index (χ0v) is 18.6. The molecule has 5 nitrogen and oxygen atoms in total. The fourth-order valence-corrected chi connectivity index (χ4v) is 2.54. The normalized spacial score (nSPS) is 11.4. The molecule has 0 amide bonds. The molecule has 0 spiro atoms. The fourth-order valence-electron chi connectivity index (χ4n) is 2.54. The summed E-state index contributed by atoms with van der Waals surface area (Å²) in [5, 5.41) is 6.54. The Morgan fingerprint density at radius 3 is 2.22 bits per heavy atom. The zero-order valence-electron chi connectivity index (χ0n) is 16.3. The summed E-state index contributed by atoms with van der Waals surface area (Å²) in [5.74, 6) is 1.70. The summed E-state index contributed by atoms with van der Waals surface area (Å²) in [6.07, 6.45) is 0. The molecule has 0 aliphatic carbocycles. The van der Waals surface area contributed by atoms with E-state index < -0.39 is 0 Å². The van der Waals surface area contributed by atoms with Crippen molar-refractivity contribution in [2.45, 2.75) is 19.3 Å². The Balaban J connectivity index is 0.00000364. The molecule has 0 fully saturated rings. The van der Waals surface area contributed by atoms with Crippen molar-refractivity contribution in [1.82, 2.24) is 5.32 Å². The van der Waals surface area contributed by atoms with Crippen LogP contribution in [0, 0.1) is 5.82 Å². The lowest BCUT2D eigenvalue weighted by atomic mass is 9.84. The van der Waals surface area contributed by atoms with E-state index in [4.69, 9.17) is 9.47 Å². The molecule has 0 saturated heterocycles. The average Bonchev–Trinajstić information content (AvgIpc) is 2.65. The van der Waals surface area contributed by atoms with Crippen LogP contribution in [0.15, 0.2) is 47.5 Å². The third kappa shape index (κ3) is 6.27. The summed E-state index contributed by atoms with van der Waals surface area (Å²) in [6.45, 7) is 4.82. The lowest BCUT2D eigenvalue weighted by Crippen LogP contribution is -2.40. The van der Waals surface area contributed by atoms with E-state index in [0.717, 1.165) is 11.3 Å². The van der Waals surface area contributed by atoms with E-state index in [1.54, 1.807) is 21.3 Å². The Bertz CT molecular complexity index is 764. The number of hydrogen-bond acceptors (Lipinski definition) is 3. The van der Waals surface area contributed by atoms with Crippen molar-refractivity contribution in [3.05, 3.63) is 53.8 Å². The van der Waals surface area contributed by atoms with Crippen LogP contribution >= 0.6 is 24.0 Å². The molecule has 2 aromatic carbocycles. The highest BCUT2D eigenvalue weighted by Gasteiger charge is 2.21. The van der Waals surface area contributed by atoms with Crippen molar-refractivity contribution < 1.29 is 13.9 Å². The van der Waals surface area contributed by atoms with Gasteiger partial charge in [0.15, 0.2) is 17.5 Å². The number of methoxy groups -OCH3 is 2. The van der Waals surface area contributed by atoms with E-state index in [2.05, 4.69) is 29.5 Å². The van der Waals surface area contributed by atoms with Gasteiger partial charge in [0.05, 0.1) is 14.2 Å². The highest BCUT2D eigenvalue weighted by atomic mass is 127. The summed E-state index contributed by atoms with van der Waals surface area (Å²) in [5.41, 5.74) is 1.69. The van der Waals surface area contributed by atoms with Gasteiger partial charge >= 0.3 is 0 Å². The van der Waals surface area contributed by atoms with Gasteiger partial charge in [-0.25, -0.2) is 4.39 Å². The van der Waals surface area contributed by atoms with Crippen LogP contribution in [-0.4, -0.2) is 33.8 Å². The third-order valence-corrected chi connectivity index (χ3v) is 4.19. The Kier molecular flexibility index (Phi) is 8.81. The largest absolute Gasteiger partial charge is 0.493 e. The topological polar surface area (TPSA) is 54.9 Å². The molecule has 0 saturated carbocycles. The number of guanidine groups is 1. The smallest absolute Gasteiger partial charge is 0.195 e. The number of rotatable bonds is 6. The van der Waals surface area contributed by atoms with Crippen molar-refractivity contribution in [2.75, 3.05) is 33.1 Å². The Morgan fingerprint density at radius 2 is 1.67 bits per heavy atom. The van der Waals surface area contributed by atoms with Crippen molar-refractivity contribution in [2.24, 2.45) is 4.99 Å². The van der Waals surface area contributed by atoms with Gasteiger partial charge in [-0.15, -0.1) is 24.0 Å². The van der Waals surface area contributed by atoms with Gasteiger partial charge in [0.2, 0.25) is 0 Å². The minimum absolute atomic E-state index is 0. The molecule has 0 radical (unpaired) electrons. The first-order chi connectivity index (χ1) is 12.4. The van der Waals surface area contributed by atoms with Crippen LogP contribution in [0.1, 0.15) is 19.4 Å². The van der Waals surface area contributed by atoms with Crippen LogP contribution in [0.2, 0.25) is 0 Å². The third-order valence-electron chi connectivity index (χ3n) is 4.19. The summed E-state index contributed by atoms with van der Waals surface area (Å²) in [4.78, 5) is 4.25. The van der Waals surface area contributed by atoms with Gasteiger partial charge in [-0.2, -0.15) is 0 Å². The van der Waals surface area contributed by atoms with Gasteiger partial charge in [0.25, 0.3) is 0 Å². The maximum absolute atomic E-state index is 13.1. The zero-order chi connectivity index (χ0) is 19.2. The van der Waals surface area contributed by atoms with Gasteiger partial charge in [0, 0.05) is 30.8 Å². The molecule has 0 heterocycles. The number of ether oxygens (including phenoxy) is 2. The Morgan fingerprint density at radius 1 is 1.04 bits per heavy atom. The van der Waals surface area contributed by atoms with Gasteiger partial charge < -0.3 is 20.1 Å². The second kappa shape index (κ2) is 10.3. The van der Waals surface area contributed by atoms with Crippen LogP contribution in [-0.2, 0) is 5.41 Å². The molecule has 27 heavy (non-hydrogen) atoms. The van der Waals surface area contributed by atoms with E-state index in [-0.39, 0.29) is 35.2 Å². The SMILES string of the molecule is CN=C(NCC(C)(C)c1ccc(F)cc1)Nc1ccc(OC)c(OC)c1.I. The number of nitrogens with zero attached hydrogens (tertiary/aromatic N) is 1. The number of aliphatic imine (C=N–C) groups is 1. The van der Waals surface area contributed by atoms with Gasteiger partial charge in [-0.3, -0.25) is 4.99 Å². The monoisotopic (exact) mass is 487 g/mol. The number of benzene rings is 2. The second-order valence-corrected chi connectivity index (χ2v) is 6.51. The summed E-state index contributed by atoms with van der Waals surface area (Å²) < 4.78 is 23.7. The molecule has 0 aliphatic heterocycles. The first-order valence-electron chi connectivity index (χ1n) is 8.35. The molecule has 2 aromatic rings. The maximum atomic E-state index is 13.1. The van der Waals surface area contributed by atoms with E-state index in [9.17, 15) is 4.39 Å². The van der Waals surface area contributed by atoms with Gasteiger partial charge in [0.1, 0.15) is 5.82 Å². The van der Waals surface area contributed by atoms with Crippen molar-refractivity contribution in [3.8, 4) is 11.5 Å². The number of anilines is 1. The van der Waals surface area contributed by atoms with Gasteiger partial charge in [-0.1, -0.05) is 26.0 Å². The van der Waals surface area contributed by atoms with E-state index in [1.807, 2.05) is 30.3 Å². The molecule has 7 heteroatoms. The van der Waals surface area contributed by atoms with E-state index in [1.165, 1.54) is 12.1 Å². The van der Waals surface area contributed by atoms with Crippen LogP contribution in [0.5, 0.6) is 11.5 Å². The minimum Gasteiger partial charge on any atom is -0.493 e. The Hall–Kier alpha value is -2.03. The molecular formula is C20H27FIN3O2. The molecule has 0 unspecified atom stereocenters. The van der Waals surface area contributed by atoms with Crippen molar-refractivity contribution in [1.29, 1.82) is 0 Å². The standard InChI is InChI=1S/C20H26FN3O2.HI/c1-20(2,14-6-8-15(21)9-7-14)13-23-19(22-3)24-16-10-11-17(25-4)18(12-16)26-5;/h6-12H,13H2,1-5H3,(H2,22,23,24);1H. The predicted octanol–water partition coefficient (Wildman–Crippen LogP) is 4.43. The quantitative estimate of drug-likeness (QED) is 0.360. The first-order valence-corrected chi connectivity index (χ1v) is 8.35. The summed E-state index contributed by atoms with van der Waals surface area (Å²) in [6, 6.07) is 12.1. The molecule has 0 aromatic heterocycles. The van der Waals surface area contributed by atoms with Crippen LogP contribution < -0.4 is 20.1 Å². The first kappa shape index (κ1) is 23.0. The molecule has 0 bridgehead atoms. The van der Waals surface area contributed by atoms with Crippen LogP contribution in [0.3, 0.4) is 0 Å². The molecule has 148 valence electrons. The van der Waals surface area contributed by atoms with Gasteiger partial charge in [-0.05, 0) is 29.8 Å². The molecular weight excluding hydrogens is 460 g/mol. The summed E-state index contributed by atoms with van der Waals surface area (Å²) >= 11 is 0. The molecule has 2 N–H and O–H groups in total.